The summed E-state index contributed by atoms with van der Waals surface area (Å²) in [5.41, 5.74) is 0.655. The molecule has 0 bridgehead atoms. The molecule has 4 rings (SSSR count). The van der Waals surface area contributed by atoms with E-state index >= 15 is 0 Å². The molecule has 4 aliphatic rings. The Hall–Kier alpha value is 2.00. The Morgan fingerprint density at radius 2 is 1.43 bits per heavy atom. The minimum atomic E-state index is 0.318. The van der Waals surface area contributed by atoms with Gasteiger partial charge in [0.15, 0.2) is 0 Å². The maximum absolute atomic E-state index is 5.89. The Morgan fingerprint density at radius 1 is 0.870 bits per heavy atom. The van der Waals surface area contributed by atoms with E-state index in [0.29, 0.717) is 11.2 Å². The van der Waals surface area contributed by atoms with Crippen LogP contribution < -0.4 is 0 Å². The zero-order chi connectivity index (χ0) is 16.6. The number of hydrogen-bond donors (Lipinski definition) is 0. The zero-order valence-electron chi connectivity index (χ0n) is 14.3. The van der Waals surface area contributed by atoms with Crippen molar-refractivity contribution in [3.05, 3.63) is 6.42 Å². The zero-order valence-corrected chi connectivity index (χ0v) is 21.6. The fraction of sp³-hybridized carbons (Fsp3) is 0.944. The first kappa shape index (κ1) is 21.3. The molecule has 1 atom stereocenters. The Bertz CT molecular complexity index is 321. The first-order valence-corrected chi connectivity index (χ1v) is 19.5. The van der Waals surface area contributed by atoms with Gasteiger partial charge >= 0.3 is 34.5 Å². The van der Waals surface area contributed by atoms with Crippen LogP contribution in [0.3, 0.4) is 0 Å². The fourth-order valence-electron chi connectivity index (χ4n) is 4.49. The van der Waals surface area contributed by atoms with Crippen molar-refractivity contribution in [1.82, 2.24) is 0 Å². The van der Waals surface area contributed by atoms with Gasteiger partial charge in [-0.3, -0.25) is 0 Å². The van der Waals surface area contributed by atoms with Crippen LogP contribution in [-0.2, 0) is 24.3 Å². The number of alkyl halides is 1. The Balaban J connectivity index is 0.000000152. The predicted molar refractivity (Wildman–Crippen MR) is 109 cm³/mol. The number of ether oxygens (including phenoxy) is 2. The van der Waals surface area contributed by atoms with Crippen molar-refractivity contribution in [2.75, 3.05) is 13.2 Å². The maximum atomic E-state index is 5.89. The van der Waals surface area contributed by atoms with Crippen LogP contribution in [-0.4, -0.2) is 28.3 Å². The molecule has 0 aromatic rings. The first-order valence-electron chi connectivity index (χ1n) is 9.23. The predicted octanol–water partition coefficient (Wildman–Crippen LogP) is 6.11. The summed E-state index contributed by atoms with van der Waals surface area (Å²) in [7, 11) is 0. The Labute approximate surface area is 177 Å². The van der Waals surface area contributed by atoms with Gasteiger partial charge in [-0.05, 0) is 38.5 Å². The van der Waals surface area contributed by atoms with Crippen LogP contribution in [0.5, 0.6) is 0 Å². The molecule has 130 valence electrons. The van der Waals surface area contributed by atoms with Crippen molar-refractivity contribution in [1.29, 1.82) is 0 Å². The van der Waals surface area contributed by atoms with Crippen LogP contribution in [0.2, 0.25) is 0 Å². The second-order valence-electron chi connectivity index (χ2n) is 7.35. The topological polar surface area (TPSA) is 18.5 Å². The molecule has 1 unspecified atom stereocenters. The van der Waals surface area contributed by atoms with Gasteiger partial charge in [0.25, 0.3) is 0 Å². The third-order valence-corrected chi connectivity index (χ3v) is 6.77. The van der Waals surface area contributed by atoms with Gasteiger partial charge in [0.1, 0.15) is 0 Å². The van der Waals surface area contributed by atoms with Crippen molar-refractivity contribution in [3.63, 3.8) is 0 Å². The van der Waals surface area contributed by atoms with Gasteiger partial charge in [-0.15, -0.1) is 6.42 Å². The van der Waals surface area contributed by atoms with E-state index in [1.165, 1.54) is 91.8 Å². The summed E-state index contributed by atoms with van der Waals surface area (Å²) >= 11 is 6.20. The van der Waals surface area contributed by atoms with Crippen LogP contribution in [0.25, 0.3) is 0 Å². The molecular weight excluding hydrogens is 567 g/mol. The molecule has 0 aromatic heterocycles. The molecule has 0 amide bonds. The molecule has 0 N–H and O–H groups in total. The summed E-state index contributed by atoms with van der Waals surface area (Å²) in [5.74, 6) is 0. The second kappa shape index (κ2) is 11.0. The van der Waals surface area contributed by atoms with Crippen LogP contribution >= 0.6 is 42.3 Å². The van der Waals surface area contributed by atoms with Crippen molar-refractivity contribution in [2.45, 2.75) is 92.2 Å². The van der Waals surface area contributed by atoms with E-state index in [1.54, 1.807) is 0 Å². The van der Waals surface area contributed by atoms with Gasteiger partial charge in [-0.25, -0.2) is 0 Å². The van der Waals surface area contributed by atoms with E-state index < -0.39 is 0 Å². The van der Waals surface area contributed by atoms with E-state index in [4.69, 9.17) is 9.47 Å². The SMILES string of the molecule is IC1CCOC2(CCCC2)C1.[CH-]1CCOC2(C1)CCCC2.[Zn+][I]. The van der Waals surface area contributed by atoms with E-state index in [0.717, 1.165) is 17.1 Å². The van der Waals surface area contributed by atoms with Crippen LogP contribution in [0, 0.1) is 6.42 Å². The van der Waals surface area contributed by atoms with E-state index in [9.17, 15) is 0 Å². The molecule has 23 heavy (non-hydrogen) atoms. The Kier molecular flexibility index (Phi) is 10.2. The van der Waals surface area contributed by atoms with E-state index in [-0.39, 0.29) is 0 Å². The average Bonchev–Trinajstić information content (AvgIpc) is 3.21. The summed E-state index contributed by atoms with van der Waals surface area (Å²) in [5, 5.41) is 0. The quantitative estimate of drug-likeness (QED) is 0.145. The van der Waals surface area contributed by atoms with Gasteiger partial charge in [0.2, 0.25) is 0 Å². The fourth-order valence-corrected chi connectivity index (χ4v) is 5.54. The third-order valence-electron chi connectivity index (χ3n) is 5.71. The molecule has 0 aromatic carbocycles. The van der Waals surface area contributed by atoms with Crippen molar-refractivity contribution >= 4 is 42.3 Å². The molecule has 2 nitrogen and oxygen atoms in total. The monoisotopic (exact) mass is 596 g/mol. The van der Waals surface area contributed by atoms with Gasteiger partial charge in [-0.1, -0.05) is 48.3 Å². The van der Waals surface area contributed by atoms with E-state index in [1.807, 2.05) is 0 Å². The molecule has 4 fully saturated rings. The van der Waals surface area contributed by atoms with Gasteiger partial charge in [0, 0.05) is 22.7 Å². The van der Waals surface area contributed by atoms with Crippen molar-refractivity contribution < 1.29 is 24.3 Å². The average molecular weight is 598 g/mol. The summed E-state index contributed by atoms with van der Waals surface area (Å²) in [6.45, 7) is 1.98. The second-order valence-corrected chi connectivity index (χ2v) is 9.11. The summed E-state index contributed by atoms with van der Waals surface area (Å²) in [6, 6.07) is 0. The molecule has 2 spiro atoms. The standard InChI is InChI=1S/C9H15IO.C9H15O.HI.Zn/c10-8-3-6-11-9(7-8)4-1-2-5-9;1-2-6-9(5-1)7-3-4-8-10-9;;/h8H,1-7H2;3H,1-2,4-8H2;1H;/q;-1;;+2/p-1. The third kappa shape index (κ3) is 6.59. The number of rotatable bonds is 0. The molecule has 2 saturated carbocycles. The first-order chi connectivity index (χ1) is 11.2. The number of hydrogen-bond acceptors (Lipinski definition) is 2. The molecular formula is C18H30I2O2Zn. The minimum absolute atomic E-state index is 0.318. The normalized spacial score (nSPS) is 31.2. The van der Waals surface area contributed by atoms with Crippen LogP contribution in [0.4, 0.5) is 0 Å². The van der Waals surface area contributed by atoms with Gasteiger partial charge in [-0.2, -0.15) is 6.42 Å². The number of halogens is 2. The summed E-state index contributed by atoms with van der Waals surface area (Å²) in [6.07, 6.45) is 18.2. The summed E-state index contributed by atoms with van der Waals surface area (Å²) in [4.78, 5) is 0. The van der Waals surface area contributed by atoms with Crippen molar-refractivity contribution in [2.24, 2.45) is 0 Å². The van der Waals surface area contributed by atoms with Gasteiger partial charge in [0.05, 0.1) is 5.60 Å². The molecule has 2 heterocycles. The van der Waals surface area contributed by atoms with E-state index in [2.05, 4.69) is 48.8 Å². The van der Waals surface area contributed by atoms with Gasteiger partial charge < -0.3 is 15.9 Å². The van der Waals surface area contributed by atoms with Crippen molar-refractivity contribution in [3.8, 4) is 0 Å². The molecule has 5 heteroatoms. The van der Waals surface area contributed by atoms with Crippen LogP contribution in [0.15, 0.2) is 0 Å². The Morgan fingerprint density at radius 3 is 1.96 bits per heavy atom. The molecule has 2 saturated heterocycles. The molecule has 0 radical (unpaired) electrons. The molecule has 2 aliphatic carbocycles. The summed E-state index contributed by atoms with van der Waals surface area (Å²) < 4.78 is 12.6. The van der Waals surface area contributed by atoms with Crippen LogP contribution in [0.1, 0.15) is 77.0 Å². The molecule has 2 aliphatic heterocycles.